The summed E-state index contributed by atoms with van der Waals surface area (Å²) in [5.74, 6) is 0.461. The van der Waals surface area contributed by atoms with Gasteiger partial charge in [-0.1, -0.05) is 18.9 Å². The lowest BCUT2D eigenvalue weighted by Gasteiger charge is -2.25. The molecule has 1 aromatic heterocycles. The quantitative estimate of drug-likeness (QED) is 0.650. The van der Waals surface area contributed by atoms with E-state index in [0.717, 1.165) is 36.9 Å². The summed E-state index contributed by atoms with van der Waals surface area (Å²) in [6.07, 6.45) is 6.75. The van der Waals surface area contributed by atoms with Crippen molar-refractivity contribution in [3.05, 3.63) is 54.1 Å². The van der Waals surface area contributed by atoms with Crippen LogP contribution in [0.2, 0.25) is 0 Å². The molecule has 0 amide bonds. The number of nitrogens with zero attached hydrogens (tertiary/aromatic N) is 3. The third kappa shape index (κ3) is 2.53. The number of benzene rings is 2. The van der Waals surface area contributed by atoms with E-state index in [1.165, 1.54) is 18.6 Å². The van der Waals surface area contributed by atoms with E-state index in [1.807, 2.05) is 11.0 Å². The number of sulfone groups is 1. The summed E-state index contributed by atoms with van der Waals surface area (Å²) in [5.41, 5.74) is 2.07. The van der Waals surface area contributed by atoms with Crippen molar-refractivity contribution in [1.29, 1.82) is 0 Å². The minimum Gasteiger partial charge on any atom is -0.324 e. The number of aromatic nitrogens is 2. The summed E-state index contributed by atoms with van der Waals surface area (Å²) in [6, 6.07) is 10.1. The van der Waals surface area contributed by atoms with E-state index in [0.29, 0.717) is 23.3 Å². The Morgan fingerprint density at radius 2 is 1.89 bits per heavy atom. The zero-order valence-electron chi connectivity index (χ0n) is 15.5. The second kappa shape index (κ2) is 5.98. The number of halogens is 1. The van der Waals surface area contributed by atoms with Gasteiger partial charge in [0, 0.05) is 34.9 Å². The van der Waals surface area contributed by atoms with Gasteiger partial charge in [-0.3, -0.25) is 0 Å². The smallest absolute Gasteiger partial charge is 0.175 e. The van der Waals surface area contributed by atoms with Crippen molar-refractivity contribution in [2.75, 3.05) is 17.7 Å². The first-order chi connectivity index (χ1) is 13.4. The fraction of sp³-hybridized carbons (Fsp3) is 0.333. The van der Waals surface area contributed by atoms with Crippen LogP contribution < -0.4 is 4.90 Å². The highest BCUT2D eigenvalue weighted by Gasteiger charge is 2.47. The summed E-state index contributed by atoms with van der Waals surface area (Å²) in [4.78, 5) is 11.1. The Bertz CT molecular complexity index is 1200. The van der Waals surface area contributed by atoms with Gasteiger partial charge < -0.3 is 4.90 Å². The molecule has 3 aromatic rings. The lowest BCUT2D eigenvalue weighted by atomic mass is 9.80. The number of hydrogen-bond donors (Lipinski definition) is 0. The highest BCUT2D eigenvalue weighted by Crippen LogP contribution is 2.53. The second-order valence-corrected chi connectivity index (χ2v) is 9.87. The summed E-state index contributed by atoms with van der Waals surface area (Å²) in [6.45, 7) is 0.651. The first-order valence-corrected chi connectivity index (χ1v) is 11.3. The van der Waals surface area contributed by atoms with E-state index in [9.17, 15) is 12.8 Å². The van der Waals surface area contributed by atoms with E-state index < -0.39 is 9.84 Å². The van der Waals surface area contributed by atoms with Crippen LogP contribution in [0, 0.1) is 5.82 Å². The second-order valence-electron chi connectivity index (χ2n) is 7.86. The standard InChI is InChI=1S/C21H20FN3O2S/c1-28(26,27)14-7-8-17-15(11-14)20(24-13-23-17)25-12-21(9-2-3-10-21)19-16(22)5-4-6-18(19)25/h4-8,11,13H,2-3,9-10,12H2,1H3. The largest absolute Gasteiger partial charge is 0.324 e. The summed E-state index contributed by atoms with van der Waals surface area (Å²) < 4.78 is 39.0. The molecular formula is C21H20FN3O2S. The fourth-order valence-corrected chi connectivity index (χ4v) is 5.49. The highest BCUT2D eigenvalue weighted by molar-refractivity contribution is 7.90. The number of anilines is 2. The van der Waals surface area contributed by atoms with Crippen LogP contribution in [-0.4, -0.2) is 31.2 Å². The summed E-state index contributed by atoms with van der Waals surface area (Å²) in [5, 5.41) is 0.663. The van der Waals surface area contributed by atoms with E-state index >= 15 is 0 Å². The van der Waals surface area contributed by atoms with Crippen molar-refractivity contribution in [2.45, 2.75) is 36.0 Å². The molecule has 5 nitrogen and oxygen atoms in total. The van der Waals surface area contributed by atoms with E-state index in [2.05, 4.69) is 9.97 Å². The van der Waals surface area contributed by atoms with Gasteiger partial charge in [-0.15, -0.1) is 0 Å². The van der Waals surface area contributed by atoms with Crippen LogP contribution in [0.1, 0.15) is 31.2 Å². The van der Waals surface area contributed by atoms with Crippen LogP contribution in [0.15, 0.2) is 47.6 Å². The van der Waals surface area contributed by atoms with Crippen LogP contribution in [0.25, 0.3) is 10.9 Å². The van der Waals surface area contributed by atoms with Crippen LogP contribution in [-0.2, 0) is 15.3 Å². The van der Waals surface area contributed by atoms with Gasteiger partial charge in [0.1, 0.15) is 18.0 Å². The van der Waals surface area contributed by atoms with Crippen LogP contribution in [0.3, 0.4) is 0 Å². The molecule has 0 atom stereocenters. The summed E-state index contributed by atoms with van der Waals surface area (Å²) >= 11 is 0. The number of hydrogen-bond acceptors (Lipinski definition) is 5. The van der Waals surface area contributed by atoms with Crippen LogP contribution >= 0.6 is 0 Å². The fourth-order valence-electron chi connectivity index (χ4n) is 4.85. The maximum Gasteiger partial charge on any atom is 0.175 e. The SMILES string of the molecule is CS(=O)(=O)c1ccc2ncnc(N3CC4(CCCC4)c4c(F)cccc43)c2c1. The third-order valence-corrected chi connectivity index (χ3v) is 7.21. The molecule has 1 aliphatic carbocycles. The Balaban J connectivity index is 1.74. The average molecular weight is 397 g/mol. The topological polar surface area (TPSA) is 63.2 Å². The molecule has 5 rings (SSSR count). The predicted molar refractivity (Wildman–Crippen MR) is 106 cm³/mol. The summed E-state index contributed by atoms with van der Waals surface area (Å²) in [7, 11) is -3.36. The average Bonchev–Trinajstić information content (AvgIpc) is 3.26. The maximum absolute atomic E-state index is 14.9. The minimum atomic E-state index is -3.36. The molecule has 28 heavy (non-hydrogen) atoms. The van der Waals surface area contributed by atoms with Crippen molar-refractivity contribution >= 4 is 32.2 Å². The van der Waals surface area contributed by atoms with Crippen molar-refractivity contribution in [1.82, 2.24) is 9.97 Å². The molecule has 0 bridgehead atoms. The van der Waals surface area contributed by atoms with Gasteiger partial charge >= 0.3 is 0 Å². The van der Waals surface area contributed by atoms with Crippen molar-refractivity contribution in [3.8, 4) is 0 Å². The van der Waals surface area contributed by atoms with Gasteiger partial charge in [0.15, 0.2) is 9.84 Å². The molecule has 7 heteroatoms. The molecule has 2 aliphatic rings. The Hall–Kier alpha value is -2.54. The molecule has 1 saturated carbocycles. The maximum atomic E-state index is 14.9. The molecule has 2 heterocycles. The molecule has 1 aliphatic heterocycles. The molecule has 1 spiro atoms. The van der Waals surface area contributed by atoms with Crippen molar-refractivity contribution < 1.29 is 12.8 Å². The molecule has 0 unspecified atom stereocenters. The van der Waals surface area contributed by atoms with Gasteiger partial charge in [-0.05, 0) is 43.2 Å². The van der Waals surface area contributed by atoms with E-state index in [1.54, 1.807) is 24.3 Å². The Labute approximate surface area is 163 Å². The molecule has 0 N–H and O–H groups in total. The van der Waals surface area contributed by atoms with Gasteiger partial charge in [-0.25, -0.2) is 22.8 Å². The Morgan fingerprint density at radius 1 is 1.11 bits per heavy atom. The van der Waals surface area contributed by atoms with Crippen molar-refractivity contribution in [2.24, 2.45) is 0 Å². The van der Waals surface area contributed by atoms with Gasteiger partial charge in [0.2, 0.25) is 0 Å². The van der Waals surface area contributed by atoms with E-state index in [-0.39, 0.29) is 16.1 Å². The zero-order chi connectivity index (χ0) is 19.5. The number of fused-ring (bicyclic) bond motifs is 3. The highest BCUT2D eigenvalue weighted by atomic mass is 32.2. The lowest BCUT2D eigenvalue weighted by molar-refractivity contribution is 0.451. The van der Waals surface area contributed by atoms with Crippen molar-refractivity contribution in [3.63, 3.8) is 0 Å². The normalized spacial score (nSPS) is 18.1. The molecule has 2 aromatic carbocycles. The van der Waals surface area contributed by atoms with Crippen LogP contribution in [0.5, 0.6) is 0 Å². The first-order valence-electron chi connectivity index (χ1n) is 9.40. The molecule has 1 fully saturated rings. The first kappa shape index (κ1) is 17.6. The Kier molecular flexibility index (Phi) is 3.75. The van der Waals surface area contributed by atoms with E-state index in [4.69, 9.17) is 0 Å². The number of rotatable bonds is 2. The molecular weight excluding hydrogens is 377 g/mol. The zero-order valence-corrected chi connectivity index (χ0v) is 16.3. The predicted octanol–water partition coefficient (Wildman–Crippen LogP) is 4.14. The van der Waals surface area contributed by atoms with Crippen LogP contribution in [0.4, 0.5) is 15.9 Å². The molecule has 0 radical (unpaired) electrons. The third-order valence-electron chi connectivity index (χ3n) is 6.10. The Morgan fingerprint density at radius 3 is 2.64 bits per heavy atom. The minimum absolute atomic E-state index is 0.169. The lowest BCUT2D eigenvalue weighted by Crippen LogP contribution is -2.29. The molecule has 144 valence electrons. The van der Waals surface area contributed by atoms with Gasteiger partial charge in [0.25, 0.3) is 0 Å². The van der Waals surface area contributed by atoms with Gasteiger partial charge in [-0.2, -0.15) is 0 Å². The molecule has 0 saturated heterocycles. The monoisotopic (exact) mass is 397 g/mol. The van der Waals surface area contributed by atoms with Gasteiger partial charge in [0.05, 0.1) is 10.4 Å².